The van der Waals surface area contributed by atoms with Crippen LogP contribution in [0, 0.1) is 6.92 Å². The number of methoxy groups -OCH3 is 2. The summed E-state index contributed by atoms with van der Waals surface area (Å²) in [7, 11) is 3.10. The smallest absolute Gasteiger partial charge is 0.282 e. The Morgan fingerprint density at radius 3 is 2.22 bits per heavy atom. The van der Waals surface area contributed by atoms with Crippen LogP contribution in [0.1, 0.15) is 25.0 Å². The average Bonchev–Trinajstić information content (AvgIpc) is 3.02. The molecule has 7 heteroatoms. The van der Waals surface area contributed by atoms with E-state index in [0.717, 1.165) is 5.56 Å². The van der Waals surface area contributed by atoms with Gasteiger partial charge in [-0.25, -0.2) is 4.90 Å². The summed E-state index contributed by atoms with van der Waals surface area (Å²) >= 11 is 0. The lowest BCUT2D eigenvalue weighted by atomic mass is 10.0. The molecular formula is C25H28N2O5. The largest absolute Gasteiger partial charge is 0.493 e. The quantitative estimate of drug-likeness (QED) is 0.670. The SMILES string of the molecule is COc1ccc(C2=C(N3CC(C)OC(C)C3)C(=O)N(c3cccc(C)c3)C2=O)cc1OC. The topological polar surface area (TPSA) is 68.3 Å². The maximum absolute atomic E-state index is 13.7. The fourth-order valence-electron chi connectivity index (χ4n) is 4.43. The molecule has 0 aromatic heterocycles. The molecule has 1 saturated heterocycles. The lowest BCUT2D eigenvalue weighted by Gasteiger charge is -2.37. The summed E-state index contributed by atoms with van der Waals surface area (Å²) in [6.07, 6.45) is -0.123. The van der Waals surface area contributed by atoms with Crippen LogP contribution in [-0.2, 0) is 14.3 Å². The van der Waals surface area contributed by atoms with Crippen LogP contribution in [0.15, 0.2) is 48.2 Å². The number of ether oxygens (including phenoxy) is 3. The van der Waals surface area contributed by atoms with E-state index in [1.807, 2.05) is 43.9 Å². The summed E-state index contributed by atoms with van der Waals surface area (Å²) in [4.78, 5) is 30.7. The summed E-state index contributed by atoms with van der Waals surface area (Å²) in [5.41, 5.74) is 2.89. The molecule has 0 radical (unpaired) electrons. The Morgan fingerprint density at radius 2 is 1.59 bits per heavy atom. The Hall–Kier alpha value is -3.32. The number of rotatable bonds is 5. The van der Waals surface area contributed by atoms with E-state index in [1.54, 1.807) is 38.5 Å². The third-order valence-corrected chi connectivity index (χ3v) is 5.73. The van der Waals surface area contributed by atoms with Crippen LogP contribution in [0.25, 0.3) is 5.57 Å². The molecule has 4 rings (SSSR count). The minimum atomic E-state index is -0.352. The first-order chi connectivity index (χ1) is 15.3. The van der Waals surface area contributed by atoms with Gasteiger partial charge in [0.1, 0.15) is 5.70 Å². The van der Waals surface area contributed by atoms with E-state index < -0.39 is 0 Å². The summed E-state index contributed by atoms with van der Waals surface area (Å²) in [6, 6.07) is 12.7. The number of imide groups is 1. The normalized spacial score (nSPS) is 21.4. The maximum Gasteiger partial charge on any atom is 0.282 e. The second-order valence-corrected chi connectivity index (χ2v) is 8.24. The fourth-order valence-corrected chi connectivity index (χ4v) is 4.43. The van der Waals surface area contributed by atoms with E-state index >= 15 is 0 Å². The average molecular weight is 437 g/mol. The molecule has 32 heavy (non-hydrogen) atoms. The van der Waals surface area contributed by atoms with Crippen molar-refractivity contribution >= 4 is 23.1 Å². The number of carbonyl (C=O) groups excluding carboxylic acids is 2. The summed E-state index contributed by atoms with van der Waals surface area (Å²) in [6.45, 7) is 6.93. The first-order valence-electron chi connectivity index (χ1n) is 10.7. The zero-order valence-corrected chi connectivity index (χ0v) is 19.0. The van der Waals surface area contributed by atoms with Crippen LogP contribution in [0.2, 0.25) is 0 Å². The summed E-state index contributed by atoms with van der Waals surface area (Å²) < 4.78 is 16.7. The molecule has 2 unspecified atom stereocenters. The molecular weight excluding hydrogens is 408 g/mol. The van der Waals surface area contributed by atoms with Gasteiger partial charge in [0.15, 0.2) is 11.5 Å². The molecule has 1 fully saturated rings. The van der Waals surface area contributed by atoms with Crippen LogP contribution in [0.5, 0.6) is 11.5 Å². The van der Waals surface area contributed by atoms with Gasteiger partial charge in [-0.15, -0.1) is 0 Å². The number of aryl methyl sites for hydroxylation is 1. The van der Waals surface area contributed by atoms with Crippen LogP contribution in [-0.4, -0.2) is 56.2 Å². The van der Waals surface area contributed by atoms with Gasteiger partial charge in [-0.1, -0.05) is 18.2 Å². The van der Waals surface area contributed by atoms with E-state index in [1.165, 1.54) is 4.90 Å². The van der Waals surface area contributed by atoms with Gasteiger partial charge in [-0.05, 0) is 56.2 Å². The van der Waals surface area contributed by atoms with Crippen molar-refractivity contribution in [3.63, 3.8) is 0 Å². The van der Waals surface area contributed by atoms with Crippen molar-refractivity contribution in [3.05, 3.63) is 59.3 Å². The van der Waals surface area contributed by atoms with Crippen molar-refractivity contribution in [2.24, 2.45) is 0 Å². The molecule has 2 heterocycles. The monoisotopic (exact) mass is 436 g/mol. The van der Waals surface area contributed by atoms with Gasteiger partial charge in [0.05, 0.1) is 37.7 Å². The lowest BCUT2D eigenvalue weighted by Crippen LogP contribution is -2.47. The van der Waals surface area contributed by atoms with E-state index in [0.29, 0.717) is 47.1 Å². The predicted molar refractivity (Wildman–Crippen MR) is 122 cm³/mol. The van der Waals surface area contributed by atoms with E-state index in [4.69, 9.17) is 14.2 Å². The molecule has 0 aliphatic carbocycles. The Bertz CT molecular complexity index is 1080. The molecule has 0 N–H and O–H groups in total. The first kappa shape index (κ1) is 21.9. The minimum absolute atomic E-state index is 0.0613. The maximum atomic E-state index is 13.7. The molecule has 168 valence electrons. The zero-order valence-electron chi connectivity index (χ0n) is 19.0. The van der Waals surface area contributed by atoms with Crippen molar-refractivity contribution < 1.29 is 23.8 Å². The molecule has 2 atom stereocenters. The van der Waals surface area contributed by atoms with Crippen molar-refractivity contribution in [3.8, 4) is 11.5 Å². The van der Waals surface area contributed by atoms with Crippen molar-refractivity contribution in [1.82, 2.24) is 4.90 Å². The number of hydrogen-bond donors (Lipinski definition) is 0. The highest BCUT2D eigenvalue weighted by atomic mass is 16.5. The van der Waals surface area contributed by atoms with Crippen molar-refractivity contribution in [2.75, 3.05) is 32.2 Å². The van der Waals surface area contributed by atoms with Crippen molar-refractivity contribution in [2.45, 2.75) is 33.0 Å². The molecule has 2 aromatic carbocycles. The summed E-state index contributed by atoms with van der Waals surface area (Å²) in [5, 5.41) is 0. The second kappa shape index (κ2) is 8.67. The Labute approximate surface area is 188 Å². The minimum Gasteiger partial charge on any atom is -0.493 e. The van der Waals surface area contributed by atoms with Gasteiger partial charge in [-0.2, -0.15) is 0 Å². The van der Waals surface area contributed by atoms with E-state index in [9.17, 15) is 9.59 Å². The van der Waals surface area contributed by atoms with Gasteiger partial charge in [-0.3, -0.25) is 9.59 Å². The number of anilines is 1. The number of hydrogen-bond acceptors (Lipinski definition) is 6. The van der Waals surface area contributed by atoms with E-state index in [-0.39, 0.29) is 24.0 Å². The third-order valence-electron chi connectivity index (χ3n) is 5.73. The molecule has 2 aromatic rings. The molecule has 0 spiro atoms. The third kappa shape index (κ3) is 3.84. The Kier molecular flexibility index (Phi) is 5.93. The highest BCUT2D eigenvalue weighted by molar-refractivity contribution is 6.45. The number of benzene rings is 2. The Morgan fingerprint density at radius 1 is 0.906 bits per heavy atom. The number of morpholine rings is 1. The van der Waals surface area contributed by atoms with Crippen LogP contribution >= 0.6 is 0 Å². The van der Waals surface area contributed by atoms with Crippen LogP contribution in [0.4, 0.5) is 5.69 Å². The predicted octanol–water partition coefficient (Wildman–Crippen LogP) is 3.41. The molecule has 0 saturated carbocycles. The fraction of sp³-hybridized carbons (Fsp3) is 0.360. The highest BCUT2D eigenvalue weighted by Gasteiger charge is 2.44. The molecule has 2 aliphatic rings. The second-order valence-electron chi connectivity index (χ2n) is 8.24. The van der Waals surface area contributed by atoms with Crippen LogP contribution in [0.3, 0.4) is 0 Å². The lowest BCUT2D eigenvalue weighted by molar-refractivity contribution is -0.121. The standard InChI is InChI=1S/C25H28N2O5/c1-15-7-6-8-19(11-15)27-24(28)22(18-9-10-20(30-4)21(12-18)31-5)23(25(27)29)26-13-16(2)32-17(3)14-26/h6-12,16-17H,13-14H2,1-5H3. The summed E-state index contributed by atoms with van der Waals surface area (Å²) in [5.74, 6) is 0.371. The van der Waals surface area contributed by atoms with Gasteiger partial charge in [0, 0.05) is 13.1 Å². The van der Waals surface area contributed by atoms with Crippen LogP contribution < -0.4 is 14.4 Å². The Balaban J connectivity index is 1.87. The number of amides is 2. The molecule has 7 nitrogen and oxygen atoms in total. The van der Waals surface area contributed by atoms with E-state index in [2.05, 4.69) is 0 Å². The number of nitrogens with zero attached hydrogens (tertiary/aromatic N) is 2. The van der Waals surface area contributed by atoms with Crippen molar-refractivity contribution in [1.29, 1.82) is 0 Å². The van der Waals surface area contributed by atoms with Gasteiger partial charge in [0.2, 0.25) is 0 Å². The number of carbonyl (C=O) groups is 2. The highest BCUT2D eigenvalue weighted by Crippen LogP contribution is 2.39. The molecule has 0 bridgehead atoms. The van der Waals surface area contributed by atoms with Gasteiger partial charge < -0.3 is 19.1 Å². The van der Waals surface area contributed by atoms with Gasteiger partial charge in [0.25, 0.3) is 11.8 Å². The first-order valence-corrected chi connectivity index (χ1v) is 10.7. The molecule has 2 aliphatic heterocycles. The van der Waals surface area contributed by atoms with Gasteiger partial charge >= 0.3 is 0 Å². The zero-order chi connectivity index (χ0) is 23.0. The molecule has 2 amide bonds.